The number of carbonyl (C=O) groups excluding carboxylic acids is 1. The Hall–Kier alpha value is -2.61. The summed E-state index contributed by atoms with van der Waals surface area (Å²) in [6, 6.07) is 12.3. The van der Waals surface area contributed by atoms with Crippen LogP contribution in [-0.4, -0.2) is 70.6 Å². The topological polar surface area (TPSA) is 60.9 Å². The second-order valence-electron chi connectivity index (χ2n) is 8.50. The summed E-state index contributed by atoms with van der Waals surface area (Å²) in [6.45, 7) is 5.50. The maximum absolute atomic E-state index is 14.2. The van der Waals surface area contributed by atoms with Gasteiger partial charge in [-0.05, 0) is 70.7 Å². The number of nitrogens with zero attached hydrogens (tertiary/aromatic N) is 2. The van der Waals surface area contributed by atoms with Crippen LogP contribution in [0.15, 0.2) is 52.9 Å². The van der Waals surface area contributed by atoms with Gasteiger partial charge in [0, 0.05) is 54.7 Å². The fourth-order valence-electron chi connectivity index (χ4n) is 4.53. The number of benzene rings is 2. The van der Waals surface area contributed by atoms with Crippen LogP contribution in [0.25, 0.3) is 17.2 Å². The molecule has 1 fully saturated rings. The summed E-state index contributed by atoms with van der Waals surface area (Å²) in [5.74, 6) is -0.278. The van der Waals surface area contributed by atoms with Crippen LogP contribution in [0, 0.1) is 5.82 Å². The lowest BCUT2D eigenvalue weighted by Gasteiger charge is -2.34. The SMILES string of the molecule is CC1=C(CC(=O)N2CCN(CCO)CC2)c2cc(F)ccc2/C1=C/c1ccc([S@@](C)=O)cc1. The summed E-state index contributed by atoms with van der Waals surface area (Å²) in [4.78, 5) is 17.9. The first kappa shape index (κ1) is 23.5. The van der Waals surface area contributed by atoms with Gasteiger partial charge in [0.1, 0.15) is 5.82 Å². The Labute approximate surface area is 196 Å². The summed E-state index contributed by atoms with van der Waals surface area (Å²) >= 11 is 0. The van der Waals surface area contributed by atoms with E-state index in [1.165, 1.54) is 12.1 Å². The molecule has 1 N–H and O–H groups in total. The number of amides is 1. The van der Waals surface area contributed by atoms with E-state index in [2.05, 4.69) is 4.90 Å². The highest BCUT2D eigenvalue weighted by atomic mass is 32.2. The van der Waals surface area contributed by atoms with E-state index >= 15 is 0 Å². The van der Waals surface area contributed by atoms with Gasteiger partial charge in [-0.3, -0.25) is 13.9 Å². The van der Waals surface area contributed by atoms with Crippen LogP contribution in [0.2, 0.25) is 0 Å². The third kappa shape index (κ3) is 5.16. The molecule has 1 atom stereocenters. The van der Waals surface area contributed by atoms with Crippen molar-refractivity contribution in [2.45, 2.75) is 18.2 Å². The Balaban J connectivity index is 1.60. The first-order chi connectivity index (χ1) is 15.9. The zero-order valence-corrected chi connectivity index (χ0v) is 19.8. The predicted molar refractivity (Wildman–Crippen MR) is 130 cm³/mol. The van der Waals surface area contributed by atoms with E-state index in [1.807, 2.05) is 42.2 Å². The molecule has 0 aromatic heterocycles. The third-order valence-corrected chi connectivity index (χ3v) is 7.38. The average molecular weight is 469 g/mol. The molecule has 0 saturated carbocycles. The lowest BCUT2D eigenvalue weighted by Crippen LogP contribution is -2.49. The molecule has 4 rings (SSSR count). The maximum Gasteiger partial charge on any atom is 0.227 e. The summed E-state index contributed by atoms with van der Waals surface area (Å²) in [5, 5.41) is 9.12. The van der Waals surface area contributed by atoms with E-state index < -0.39 is 10.8 Å². The first-order valence-corrected chi connectivity index (χ1v) is 12.7. The molecule has 1 heterocycles. The monoisotopic (exact) mass is 468 g/mol. The Bertz CT molecular complexity index is 1130. The highest BCUT2D eigenvalue weighted by molar-refractivity contribution is 7.84. The summed E-state index contributed by atoms with van der Waals surface area (Å²) < 4.78 is 25.8. The molecule has 0 bridgehead atoms. The second kappa shape index (κ2) is 10.1. The number of aliphatic hydroxyl groups is 1. The van der Waals surface area contributed by atoms with Gasteiger partial charge in [0.25, 0.3) is 0 Å². The van der Waals surface area contributed by atoms with E-state index in [0.717, 1.165) is 51.4 Å². The van der Waals surface area contributed by atoms with E-state index in [1.54, 1.807) is 12.3 Å². The van der Waals surface area contributed by atoms with Crippen LogP contribution in [0.3, 0.4) is 0 Å². The normalized spacial score (nSPS) is 18.7. The van der Waals surface area contributed by atoms with Crippen LogP contribution in [0.1, 0.15) is 30.0 Å². The molecule has 0 radical (unpaired) electrons. The molecule has 1 aliphatic heterocycles. The van der Waals surface area contributed by atoms with Gasteiger partial charge in [-0.1, -0.05) is 18.2 Å². The van der Waals surface area contributed by atoms with Crippen molar-refractivity contribution in [3.05, 3.63) is 70.5 Å². The smallest absolute Gasteiger partial charge is 0.227 e. The van der Waals surface area contributed by atoms with Crippen LogP contribution in [0.5, 0.6) is 0 Å². The molecule has 7 heteroatoms. The number of aliphatic hydroxyl groups excluding tert-OH is 1. The van der Waals surface area contributed by atoms with Gasteiger partial charge in [0.2, 0.25) is 5.91 Å². The lowest BCUT2D eigenvalue weighted by molar-refractivity contribution is -0.131. The third-order valence-electron chi connectivity index (χ3n) is 6.45. The van der Waals surface area contributed by atoms with Gasteiger partial charge in [-0.25, -0.2) is 4.39 Å². The van der Waals surface area contributed by atoms with Crippen molar-refractivity contribution in [2.75, 3.05) is 45.6 Å². The van der Waals surface area contributed by atoms with Crippen LogP contribution in [-0.2, 0) is 15.6 Å². The number of hydrogen-bond acceptors (Lipinski definition) is 4. The summed E-state index contributed by atoms with van der Waals surface area (Å²) in [5.41, 5.74) is 5.48. The summed E-state index contributed by atoms with van der Waals surface area (Å²) in [6.07, 6.45) is 3.92. The predicted octanol–water partition coefficient (Wildman–Crippen LogP) is 3.42. The lowest BCUT2D eigenvalue weighted by atomic mass is 10.0. The molecule has 0 spiro atoms. The summed E-state index contributed by atoms with van der Waals surface area (Å²) in [7, 11) is -1.04. The minimum Gasteiger partial charge on any atom is -0.395 e. The van der Waals surface area contributed by atoms with E-state index in [9.17, 15) is 13.4 Å². The number of fused-ring (bicyclic) bond motifs is 1. The number of piperazine rings is 1. The Morgan fingerprint density at radius 1 is 1.09 bits per heavy atom. The molecule has 1 saturated heterocycles. The van der Waals surface area contributed by atoms with Crippen molar-refractivity contribution in [1.82, 2.24) is 9.80 Å². The minimum absolute atomic E-state index is 0.0410. The van der Waals surface area contributed by atoms with E-state index in [4.69, 9.17) is 5.11 Å². The Morgan fingerprint density at radius 2 is 1.79 bits per heavy atom. The van der Waals surface area contributed by atoms with Gasteiger partial charge < -0.3 is 10.0 Å². The molecule has 174 valence electrons. The highest BCUT2D eigenvalue weighted by Gasteiger charge is 2.28. The Morgan fingerprint density at radius 3 is 2.42 bits per heavy atom. The number of halogens is 1. The number of rotatable bonds is 6. The van der Waals surface area contributed by atoms with Crippen molar-refractivity contribution in [3.63, 3.8) is 0 Å². The molecule has 33 heavy (non-hydrogen) atoms. The quantitative estimate of drug-likeness (QED) is 0.706. The fourth-order valence-corrected chi connectivity index (χ4v) is 5.05. The number of allylic oxidation sites excluding steroid dienone is 2. The van der Waals surface area contributed by atoms with Crippen LogP contribution >= 0.6 is 0 Å². The largest absolute Gasteiger partial charge is 0.395 e. The molecule has 5 nitrogen and oxygen atoms in total. The van der Waals surface area contributed by atoms with Crippen LogP contribution < -0.4 is 0 Å². The molecule has 1 amide bonds. The number of β-amino-alcohol motifs (C(OH)–C–C–N with tert-alkyl or cyclic N) is 1. The zero-order chi connectivity index (χ0) is 23.5. The fraction of sp³-hybridized carbons (Fsp3) is 0.346. The zero-order valence-electron chi connectivity index (χ0n) is 19.0. The Kier molecular flexibility index (Phi) is 7.22. The van der Waals surface area contributed by atoms with Crippen molar-refractivity contribution >= 4 is 33.9 Å². The average Bonchev–Trinajstić information content (AvgIpc) is 3.05. The van der Waals surface area contributed by atoms with Gasteiger partial charge >= 0.3 is 0 Å². The molecular formula is C26H29FN2O3S. The first-order valence-electron chi connectivity index (χ1n) is 11.1. The van der Waals surface area contributed by atoms with Crippen molar-refractivity contribution < 1.29 is 18.5 Å². The highest BCUT2D eigenvalue weighted by Crippen LogP contribution is 2.44. The minimum atomic E-state index is -1.04. The van der Waals surface area contributed by atoms with Gasteiger partial charge in [-0.15, -0.1) is 0 Å². The number of hydrogen-bond donors (Lipinski definition) is 1. The molecule has 0 unspecified atom stereocenters. The number of carbonyl (C=O) groups is 1. The van der Waals surface area contributed by atoms with Crippen molar-refractivity contribution in [1.29, 1.82) is 0 Å². The van der Waals surface area contributed by atoms with Gasteiger partial charge in [-0.2, -0.15) is 0 Å². The maximum atomic E-state index is 14.2. The second-order valence-corrected chi connectivity index (χ2v) is 9.88. The van der Waals surface area contributed by atoms with Crippen molar-refractivity contribution in [3.8, 4) is 0 Å². The van der Waals surface area contributed by atoms with Gasteiger partial charge in [0.15, 0.2) is 0 Å². The van der Waals surface area contributed by atoms with Crippen molar-refractivity contribution in [2.24, 2.45) is 0 Å². The molecule has 2 aromatic carbocycles. The molecule has 2 aromatic rings. The van der Waals surface area contributed by atoms with Gasteiger partial charge in [0.05, 0.1) is 13.0 Å². The molecular weight excluding hydrogens is 439 g/mol. The van der Waals surface area contributed by atoms with Crippen LogP contribution in [0.4, 0.5) is 4.39 Å². The molecule has 2 aliphatic rings. The molecule has 1 aliphatic carbocycles. The standard InChI is InChI=1S/C26H29FN2O3S/c1-18-23(15-19-3-6-21(7-4-19)33(2)32)22-8-5-20(27)16-25(22)24(18)17-26(31)29-11-9-28(10-12-29)13-14-30/h3-8,15-16,30H,9-14,17H2,1-2H3/b23-15+/t33-/m1/s1. The van der Waals surface area contributed by atoms with E-state index in [0.29, 0.717) is 19.6 Å². The van der Waals surface area contributed by atoms with E-state index in [-0.39, 0.29) is 24.8 Å².